The van der Waals surface area contributed by atoms with Crippen molar-refractivity contribution in [3.8, 4) is 0 Å². The number of hydrogen-bond donors (Lipinski definition) is 3. The first-order chi connectivity index (χ1) is 14.1. The summed E-state index contributed by atoms with van der Waals surface area (Å²) in [6, 6.07) is 14.8. The van der Waals surface area contributed by atoms with Gasteiger partial charge in [-0.15, -0.1) is 12.6 Å². The molecule has 0 radical (unpaired) electrons. The van der Waals surface area contributed by atoms with Crippen LogP contribution in [0.25, 0.3) is 0 Å². The number of unbranched alkanes of at least 4 members (excludes halogenated alkanes) is 3. The van der Waals surface area contributed by atoms with Crippen LogP contribution in [0.5, 0.6) is 0 Å². The Hall–Kier alpha value is -1.98. The molecule has 2 N–H and O–H groups in total. The van der Waals surface area contributed by atoms with Crippen molar-refractivity contribution >= 4 is 24.3 Å². The van der Waals surface area contributed by atoms with E-state index in [0.29, 0.717) is 13.0 Å². The van der Waals surface area contributed by atoms with E-state index in [0.717, 1.165) is 42.8 Å². The van der Waals surface area contributed by atoms with E-state index in [4.69, 9.17) is 17.4 Å². The van der Waals surface area contributed by atoms with Gasteiger partial charge in [0.25, 0.3) is 0 Å². The van der Waals surface area contributed by atoms with Crippen LogP contribution >= 0.6 is 12.6 Å². The highest BCUT2D eigenvalue weighted by molar-refractivity contribution is 7.80. The lowest BCUT2D eigenvalue weighted by Crippen LogP contribution is -2.25. The number of carbonyl (C=O) groups excluding carboxylic acids is 1. The molecular weight excluding hydrogens is 380 g/mol. The number of rotatable bonds is 12. The van der Waals surface area contributed by atoms with Crippen molar-refractivity contribution in [1.82, 2.24) is 5.32 Å². The number of thiol groups is 1. The summed E-state index contributed by atoms with van der Waals surface area (Å²) in [4.78, 5) is 12.4. The van der Waals surface area contributed by atoms with Gasteiger partial charge in [-0.05, 0) is 56.5 Å². The fourth-order valence-corrected chi connectivity index (χ4v) is 3.76. The monoisotopic (exact) mass is 414 g/mol. The van der Waals surface area contributed by atoms with E-state index in [9.17, 15) is 4.79 Å². The number of anilines is 1. The highest BCUT2D eigenvalue weighted by Crippen LogP contribution is 2.32. The minimum absolute atomic E-state index is 0.0746. The predicted octanol–water partition coefficient (Wildman–Crippen LogP) is 5.52. The summed E-state index contributed by atoms with van der Waals surface area (Å²) in [5, 5.41) is 7.04. The van der Waals surface area contributed by atoms with Gasteiger partial charge in [0, 0.05) is 24.1 Å². The van der Waals surface area contributed by atoms with Gasteiger partial charge in [0.15, 0.2) is 0 Å². The van der Waals surface area contributed by atoms with E-state index in [1.807, 2.05) is 20.0 Å². The fourth-order valence-electron chi connectivity index (χ4n) is 3.50. The van der Waals surface area contributed by atoms with Crippen molar-refractivity contribution in [2.75, 3.05) is 25.5 Å². The van der Waals surface area contributed by atoms with Gasteiger partial charge >= 0.3 is 5.97 Å². The maximum Gasteiger partial charge on any atom is 0.305 e. The largest absolute Gasteiger partial charge is 0.466 e. The summed E-state index contributed by atoms with van der Waals surface area (Å²) in [5.41, 5.74) is 4.76. The molecular formula is C24H34N2O2S. The maximum absolute atomic E-state index is 11.4. The number of para-hydroxylation sites is 1. The average Bonchev–Trinajstić information content (AvgIpc) is 2.72. The lowest BCUT2D eigenvalue weighted by atomic mass is 9.95. The van der Waals surface area contributed by atoms with Crippen molar-refractivity contribution in [1.29, 1.82) is 0 Å². The molecule has 0 amide bonds. The molecule has 158 valence electrons. The SMILES string of the molecule is CCOC(=O)CCCCCCNC(c1cc(C)ccc1S)c1ccccc1NC. The highest BCUT2D eigenvalue weighted by Gasteiger charge is 2.19. The molecule has 1 atom stereocenters. The van der Waals surface area contributed by atoms with Crippen LogP contribution in [-0.2, 0) is 9.53 Å². The highest BCUT2D eigenvalue weighted by atomic mass is 32.1. The van der Waals surface area contributed by atoms with Gasteiger partial charge in [0.2, 0.25) is 0 Å². The molecule has 2 aromatic rings. The van der Waals surface area contributed by atoms with Crippen LogP contribution in [0.2, 0.25) is 0 Å². The van der Waals surface area contributed by atoms with Crippen LogP contribution < -0.4 is 10.6 Å². The molecule has 0 aliphatic heterocycles. The van der Waals surface area contributed by atoms with E-state index in [-0.39, 0.29) is 12.0 Å². The second-order valence-corrected chi connectivity index (χ2v) is 7.74. The molecule has 0 spiro atoms. The van der Waals surface area contributed by atoms with Crippen LogP contribution in [0.4, 0.5) is 5.69 Å². The van der Waals surface area contributed by atoms with E-state index >= 15 is 0 Å². The number of carbonyl (C=O) groups is 1. The van der Waals surface area contributed by atoms with Crippen molar-refractivity contribution in [2.45, 2.75) is 56.9 Å². The van der Waals surface area contributed by atoms with E-state index in [2.05, 4.69) is 54.0 Å². The number of esters is 1. The number of aryl methyl sites for hydroxylation is 1. The Morgan fingerprint density at radius 3 is 2.59 bits per heavy atom. The molecule has 0 aliphatic rings. The first-order valence-electron chi connectivity index (χ1n) is 10.5. The van der Waals surface area contributed by atoms with Gasteiger partial charge in [0.1, 0.15) is 0 Å². The molecule has 0 aromatic heterocycles. The van der Waals surface area contributed by atoms with Gasteiger partial charge in [0.05, 0.1) is 12.6 Å². The Bertz CT molecular complexity index is 779. The van der Waals surface area contributed by atoms with Crippen LogP contribution in [-0.4, -0.2) is 26.2 Å². The molecule has 0 heterocycles. The summed E-state index contributed by atoms with van der Waals surface area (Å²) >= 11 is 4.72. The summed E-state index contributed by atoms with van der Waals surface area (Å²) in [6.07, 6.45) is 4.61. The van der Waals surface area contributed by atoms with Gasteiger partial charge < -0.3 is 15.4 Å². The lowest BCUT2D eigenvalue weighted by Gasteiger charge is -2.24. The Kier molecular flexibility index (Phi) is 10.1. The topological polar surface area (TPSA) is 50.4 Å². The number of hydrogen-bond acceptors (Lipinski definition) is 5. The van der Waals surface area contributed by atoms with Crippen LogP contribution in [0.1, 0.15) is 61.8 Å². The van der Waals surface area contributed by atoms with Crippen molar-refractivity contribution in [2.24, 2.45) is 0 Å². The zero-order chi connectivity index (χ0) is 21.1. The zero-order valence-corrected chi connectivity index (χ0v) is 18.7. The van der Waals surface area contributed by atoms with Gasteiger partial charge in [-0.3, -0.25) is 4.79 Å². The molecule has 2 aromatic carbocycles. The van der Waals surface area contributed by atoms with E-state index in [1.54, 1.807) is 0 Å². The standard InChI is InChI=1S/C24H34N2O2S/c1-4-28-23(27)13-7-5-6-10-16-26-24(19-11-8-9-12-21(19)25-3)20-17-18(2)14-15-22(20)29/h8-9,11-12,14-15,17,24-26,29H,4-7,10,13,16H2,1-3H3. The Morgan fingerprint density at radius 2 is 1.83 bits per heavy atom. The molecule has 0 saturated carbocycles. The fraction of sp³-hybridized carbons (Fsp3) is 0.458. The van der Waals surface area contributed by atoms with Gasteiger partial charge in [-0.1, -0.05) is 48.7 Å². The molecule has 0 bridgehead atoms. The second-order valence-electron chi connectivity index (χ2n) is 7.26. The van der Waals surface area contributed by atoms with Crippen molar-refractivity contribution < 1.29 is 9.53 Å². The molecule has 0 fully saturated rings. The lowest BCUT2D eigenvalue weighted by molar-refractivity contribution is -0.143. The number of ether oxygens (including phenoxy) is 1. The Labute approximate surface area is 180 Å². The minimum Gasteiger partial charge on any atom is -0.466 e. The molecule has 5 heteroatoms. The van der Waals surface area contributed by atoms with Gasteiger partial charge in [-0.25, -0.2) is 0 Å². The summed E-state index contributed by atoms with van der Waals surface area (Å²) in [7, 11) is 1.96. The quantitative estimate of drug-likeness (QED) is 0.243. The molecule has 1 unspecified atom stereocenters. The second kappa shape index (κ2) is 12.6. The molecule has 2 rings (SSSR count). The number of benzene rings is 2. The molecule has 0 saturated heterocycles. The zero-order valence-electron chi connectivity index (χ0n) is 17.8. The van der Waals surface area contributed by atoms with E-state index in [1.165, 1.54) is 16.7 Å². The number of nitrogens with one attached hydrogen (secondary N) is 2. The first kappa shape index (κ1) is 23.3. The third-order valence-electron chi connectivity index (χ3n) is 5.00. The van der Waals surface area contributed by atoms with Crippen LogP contribution in [0.3, 0.4) is 0 Å². The third-order valence-corrected chi connectivity index (χ3v) is 5.40. The molecule has 4 nitrogen and oxygen atoms in total. The van der Waals surface area contributed by atoms with E-state index < -0.39 is 0 Å². The normalized spacial score (nSPS) is 11.9. The summed E-state index contributed by atoms with van der Waals surface area (Å²) < 4.78 is 4.98. The smallest absolute Gasteiger partial charge is 0.305 e. The Morgan fingerprint density at radius 1 is 1.07 bits per heavy atom. The van der Waals surface area contributed by atoms with Crippen molar-refractivity contribution in [3.63, 3.8) is 0 Å². The minimum atomic E-state index is -0.0879. The average molecular weight is 415 g/mol. The molecule has 0 aliphatic carbocycles. The van der Waals surface area contributed by atoms with Crippen molar-refractivity contribution in [3.05, 3.63) is 59.2 Å². The molecule has 29 heavy (non-hydrogen) atoms. The van der Waals surface area contributed by atoms with Crippen LogP contribution in [0.15, 0.2) is 47.4 Å². The summed E-state index contributed by atoms with van der Waals surface area (Å²) in [5.74, 6) is -0.0879. The first-order valence-corrected chi connectivity index (χ1v) is 11.0. The van der Waals surface area contributed by atoms with Gasteiger partial charge in [-0.2, -0.15) is 0 Å². The Balaban J connectivity index is 1.99. The summed E-state index contributed by atoms with van der Waals surface area (Å²) in [6.45, 7) is 5.32. The maximum atomic E-state index is 11.4. The van der Waals surface area contributed by atoms with Crippen LogP contribution in [0, 0.1) is 6.92 Å². The predicted molar refractivity (Wildman–Crippen MR) is 124 cm³/mol. The third kappa shape index (κ3) is 7.41.